The highest BCUT2D eigenvalue weighted by atomic mass is 16.4. The van der Waals surface area contributed by atoms with Crippen LogP contribution in [0.15, 0.2) is 0 Å². The van der Waals surface area contributed by atoms with Gasteiger partial charge in [-0.2, -0.15) is 0 Å². The van der Waals surface area contributed by atoms with Crippen LogP contribution >= 0.6 is 0 Å². The monoisotopic (exact) mass is 180 g/mol. The summed E-state index contributed by atoms with van der Waals surface area (Å²) in [5.41, 5.74) is 9.91. The lowest BCUT2D eigenvalue weighted by Gasteiger charge is -1.98. The first-order valence-electron chi connectivity index (χ1n) is 3.00. The summed E-state index contributed by atoms with van der Waals surface area (Å²) in [6.07, 6.45) is -0.509. The third-order valence-corrected chi connectivity index (χ3v) is 0.727. The molecule has 0 fully saturated rings. The van der Waals surface area contributed by atoms with Crippen molar-refractivity contribution in [2.45, 2.75) is 6.10 Å². The normalized spacial score (nSPS) is 8.67. The minimum atomic E-state index is -1.82. The molecule has 0 aliphatic rings. The van der Waals surface area contributed by atoms with Crippen LogP contribution in [0, 0.1) is 0 Å². The van der Waals surface area contributed by atoms with Crippen molar-refractivity contribution in [3.05, 3.63) is 0 Å². The first-order chi connectivity index (χ1) is 5.45. The van der Waals surface area contributed by atoms with Crippen LogP contribution < -0.4 is 11.5 Å². The highest BCUT2D eigenvalue weighted by molar-refractivity contribution is 6.27. The Kier molecular flexibility index (Phi) is 8.85. The van der Waals surface area contributed by atoms with E-state index in [0.717, 1.165) is 0 Å². The number of carboxylic acid groups (broad SMARTS) is 2. The maximum Gasteiger partial charge on any atom is 0.414 e. The zero-order valence-electron chi connectivity index (χ0n) is 6.30. The maximum absolute atomic E-state index is 9.10. The van der Waals surface area contributed by atoms with Crippen molar-refractivity contribution in [1.29, 1.82) is 0 Å². The van der Waals surface area contributed by atoms with Gasteiger partial charge in [0.05, 0.1) is 6.10 Å². The Morgan fingerprint density at radius 3 is 1.33 bits per heavy atom. The average Bonchev–Trinajstić information content (AvgIpc) is 2.04. The molecule has 0 amide bonds. The Bertz CT molecular complexity index is 133. The molecule has 0 saturated heterocycles. The number of hydrogen-bond acceptors (Lipinski definition) is 5. The molecule has 12 heavy (non-hydrogen) atoms. The van der Waals surface area contributed by atoms with Gasteiger partial charge < -0.3 is 26.8 Å². The van der Waals surface area contributed by atoms with E-state index in [2.05, 4.69) is 0 Å². The number of rotatable bonds is 2. The van der Waals surface area contributed by atoms with E-state index in [-0.39, 0.29) is 13.1 Å². The Morgan fingerprint density at radius 2 is 1.33 bits per heavy atom. The standard InChI is InChI=1S/C3H10N2O.C2H2O4/c4-1-3(6)2-5;3-1(4)2(5)6/h3,6H,1-2,4-5H2;(H,3,4)(H,5,6). The lowest BCUT2D eigenvalue weighted by Crippen LogP contribution is -2.27. The zero-order valence-corrected chi connectivity index (χ0v) is 6.30. The number of aliphatic hydroxyl groups excluding tert-OH is 1. The van der Waals surface area contributed by atoms with Crippen molar-refractivity contribution < 1.29 is 24.9 Å². The predicted octanol–water partition coefficient (Wildman–Crippen LogP) is -2.58. The summed E-state index contributed by atoms with van der Waals surface area (Å²) in [4.78, 5) is 18.2. The zero-order chi connectivity index (χ0) is 10.1. The van der Waals surface area contributed by atoms with Gasteiger partial charge in [0.15, 0.2) is 0 Å². The summed E-state index contributed by atoms with van der Waals surface area (Å²) < 4.78 is 0. The van der Waals surface area contributed by atoms with Crippen LogP contribution in [0.25, 0.3) is 0 Å². The molecule has 7 nitrogen and oxygen atoms in total. The van der Waals surface area contributed by atoms with Crippen molar-refractivity contribution in [2.75, 3.05) is 13.1 Å². The van der Waals surface area contributed by atoms with E-state index in [9.17, 15) is 0 Å². The lowest BCUT2D eigenvalue weighted by atomic mass is 10.4. The number of aliphatic hydroxyl groups is 1. The van der Waals surface area contributed by atoms with Crippen LogP contribution in [0.3, 0.4) is 0 Å². The fourth-order valence-electron chi connectivity index (χ4n) is 0.0962. The SMILES string of the molecule is NCC(O)CN.O=C(O)C(=O)O. The van der Waals surface area contributed by atoms with E-state index in [1.54, 1.807) is 0 Å². The molecule has 72 valence electrons. The minimum absolute atomic E-state index is 0.260. The van der Waals surface area contributed by atoms with Crippen LogP contribution in [-0.4, -0.2) is 46.5 Å². The summed E-state index contributed by atoms with van der Waals surface area (Å²) in [5, 5.41) is 23.2. The number of aliphatic carboxylic acids is 2. The van der Waals surface area contributed by atoms with Crippen molar-refractivity contribution in [1.82, 2.24) is 0 Å². The third-order valence-electron chi connectivity index (χ3n) is 0.727. The van der Waals surface area contributed by atoms with Gasteiger partial charge in [-0.25, -0.2) is 9.59 Å². The van der Waals surface area contributed by atoms with E-state index in [1.165, 1.54) is 0 Å². The molecule has 0 aliphatic heterocycles. The topological polar surface area (TPSA) is 147 Å². The van der Waals surface area contributed by atoms with Crippen LogP contribution in [0.4, 0.5) is 0 Å². The summed E-state index contributed by atoms with van der Waals surface area (Å²) in [7, 11) is 0. The van der Waals surface area contributed by atoms with Gasteiger partial charge in [0, 0.05) is 13.1 Å². The second-order valence-corrected chi connectivity index (χ2v) is 1.74. The lowest BCUT2D eigenvalue weighted by molar-refractivity contribution is -0.159. The van der Waals surface area contributed by atoms with Gasteiger partial charge in [-0.15, -0.1) is 0 Å². The van der Waals surface area contributed by atoms with E-state index in [0.29, 0.717) is 0 Å². The van der Waals surface area contributed by atoms with Crippen molar-refractivity contribution in [3.8, 4) is 0 Å². The Hall–Kier alpha value is -1.18. The molecule has 0 bridgehead atoms. The minimum Gasteiger partial charge on any atom is -0.473 e. The Labute approximate surface area is 68.6 Å². The van der Waals surface area contributed by atoms with Crippen LogP contribution in [0.5, 0.6) is 0 Å². The molecule has 0 radical (unpaired) electrons. The smallest absolute Gasteiger partial charge is 0.414 e. The molecular weight excluding hydrogens is 168 g/mol. The first kappa shape index (κ1) is 13.4. The highest BCUT2D eigenvalue weighted by Gasteiger charge is 2.04. The van der Waals surface area contributed by atoms with Crippen molar-refractivity contribution in [3.63, 3.8) is 0 Å². The largest absolute Gasteiger partial charge is 0.473 e. The van der Waals surface area contributed by atoms with Crippen LogP contribution in [0.2, 0.25) is 0 Å². The van der Waals surface area contributed by atoms with Gasteiger partial charge in [-0.05, 0) is 0 Å². The Balaban J connectivity index is 0. The first-order valence-corrected chi connectivity index (χ1v) is 3.00. The maximum atomic E-state index is 9.10. The number of carboxylic acids is 2. The highest BCUT2D eigenvalue weighted by Crippen LogP contribution is 1.66. The van der Waals surface area contributed by atoms with Crippen molar-refractivity contribution >= 4 is 11.9 Å². The molecule has 0 spiro atoms. The molecular formula is C5H12N2O5. The molecule has 0 heterocycles. The molecule has 0 aromatic heterocycles. The number of carbonyl (C=O) groups is 2. The van der Waals surface area contributed by atoms with Gasteiger partial charge >= 0.3 is 11.9 Å². The summed E-state index contributed by atoms with van der Waals surface area (Å²) in [6, 6.07) is 0. The molecule has 7 N–H and O–H groups in total. The molecule has 0 aliphatic carbocycles. The molecule has 0 rings (SSSR count). The Morgan fingerprint density at radius 1 is 1.08 bits per heavy atom. The van der Waals surface area contributed by atoms with Gasteiger partial charge in [0.1, 0.15) is 0 Å². The second-order valence-electron chi connectivity index (χ2n) is 1.74. The third kappa shape index (κ3) is 11.6. The molecule has 0 unspecified atom stereocenters. The van der Waals surface area contributed by atoms with E-state index in [1.807, 2.05) is 0 Å². The molecule has 0 saturated carbocycles. The van der Waals surface area contributed by atoms with E-state index < -0.39 is 18.0 Å². The molecule has 0 aromatic rings. The fourth-order valence-corrected chi connectivity index (χ4v) is 0.0962. The van der Waals surface area contributed by atoms with E-state index >= 15 is 0 Å². The second kappa shape index (κ2) is 7.92. The molecule has 0 atom stereocenters. The van der Waals surface area contributed by atoms with Crippen LogP contribution in [0.1, 0.15) is 0 Å². The number of hydrogen-bond donors (Lipinski definition) is 5. The summed E-state index contributed by atoms with van der Waals surface area (Å²) >= 11 is 0. The van der Waals surface area contributed by atoms with Crippen LogP contribution in [-0.2, 0) is 9.59 Å². The van der Waals surface area contributed by atoms with Crippen molar-refractivity contribution in [2.24, 2.45) is 11.5 Å². The molecule has 7 heteroatoms. The number of nitrogens with two attached hydrogens (primary N) is 2. The fraction of sp³-hybridized carbons (Fsp3) is 0.600. The van der Waals surface area contributed by atoms with Gasteiger partial charge in [-0.3, -0.25) is 0 Å². The summed E-state index contributed by atoms with van der Waals surface area (Å²) in [5.74, 6) is -3.65. The molecule has 0 aromatic carbocycles. The van der Waals surface area contributed by atoms with Gasteiger partial charge in [0.2, 0.25) is 0 Å². The van der Waals surface area contributed by atoms with Gasteiger partial charge in [-0.1, -0.05) is 0 Å². The average molecular weight is 180 g/mol. The van der Waals surface area contributed by atoms with E-state index in [4.69, 9.17) is 36.4 Å². The quantitative estimate of drug-likeness (QED) is 0.293. The summed E-state index contributed by atoms with van der Waals surface area (Å²) in [6.45, 7) is 0.521. The predicted molar refractivity (Wildman–Crippen MR) is 39.4 cm³/mol. The van der Waals surface area contributed by atoms with Gasteiger partial charge in [0.25, 0.3) is 0 Å².